The van der Waals surface area contributed by atoms with Gasteiger partial charge in [-0.2, -0.15) is 0 Å². The maximum Gasteiger partial charge on any atom is 0.0725 e. The van der Waals surface area contributed by atoms with E-state index in [2.05, 4.69) is 267 Å². The molecule has 0 nitrogen and oxygen atoms in total. The summed E-state index contributed by atoms with van der Waals surface area (Å²) in [7, 11) is 0. The lowest BCUT2D eigenvalue weighted by Crippen LogP contribution is -2.29. The van der Waals surface area contributed by atoms with Gasteiger partial charge in [-0.1, -0.05) is 249 Å². The Morgan fingerprint density at radius 1 is 0.197 bits per heavy atom. The second kappa shape index (κ2) is 15.5. The second-order valence-electron chi connectivity index (χ2n) is 19.3. The van der Waals surface area contributed by atoms with Crippen molar-refractivity contribution in [3.63, 3.8) is 0 Å². The molecule has 0 heteroatoms. The summed E-state index contributed by atoms with van der Waals surface area (Å²) in [5.74, 6) is 0. The summed E-state index contributed by atoms with van der Waals surface area (Å²) >= 11 is 0. The van der Waals surface area contributed by atoms with Crippen molar-refractivity contribution in [3.8, 4) is 44.5 Å². The van der Waals surface area contributed by atoms with E-state index in [-0.39, 0.29) is 0 Å². The summed E-state index contributed by atoms with van der Waals surface area (Å²) in [6.07, 6.45) is 0. The van der Waals surface area contributed by atoms with E-state index in [0.29, 0.717) is 0 Å². The minimum atomic E-state index is -0.604. The van der Waals surface area contributed by atoms with Crippen molar-refractivity contribution >= 4 is 75.4 Å². The first kappa shape index (κ1) is 39.9. The molecule has 0 unspecified atom stereocenters. The zero-order chi connectivity index (χ0) is 46.6. The molecule has 0 aromatic heterocycles. The Labute approximate surface area is 412 Å². The third-order valence-corrected chi connectivity index (χ3v) is 15.8. The van der Waals surface area contributed by atoms with E-state index in [4.69, 9.17) is 0 Å². The quantitative estimate of drug-likeness (QED) is 0.119. The van der Waals surface area contributed by atoms with Crippen LogP contribution in [0.15, 0.2) is 267 Å². The smallest absolute Gasteiger partial charge is 0.0622 e. The second-order valence-corrected chi connectivity index (χ2v) is 19.3. The highest BCUT2D eigenvalue weighted by atomic mass is 14.5. The van der Waals surface area contributed by atoms with Crippen molar-refractivity contribution in [1.29, 1.82) is 0 Å². The number of hydrogen-bond acceptors (Lipinski definition) is 0. The van der Waals surface area contributed by atoms with Gasteiger partial charge in [0.15, 0.2) is 0 Å². The molecule has 0 bridgehead atoms. The van der Waals surface area contributed by atoms with E-state index in [1.54, 1.807) is 0 Å². The van der Waals surface area contributed by atoms with E-state index in [9.17, 15) is 0 Å². The molecule has 14 aromatic carbocycles. The van der Waals surface area contributed by atoms with E-state index in [1.807, 2.05) is 0 Å². The molecule has 71 heavy (non-hydrogen) atoms. The van der Waals surface area contributed by atoms with E-state index in [0.717, 1.165) is 0 Å². The van der Waals surface area contributed by atoms with Crippen LogP contribution in [0.2, 0.25) is 0 Å². The van der Waals surface area contributed by atoms with Crippen molar-refractivity contribution in [1.82, 2.24) is 0 Å². The van der Waals surface area contributed by atoms with Gasteiger partial charge in [0.1, 0.15) is 0 Å². The van der Waals surface area contributed by atoms with Crippen LogP contribution in [0.3, 0.4) is 0 Å². The molecule has 0 saturated heterocycles. The highest BCUT2D eigenvalue weighted by Gasteiger charge is 2.49. The van der Waals surface area contributed by atoms with E-state index >= 15 is 0 Å². The van der Waals surface area contributed by atoms with Crippen LogP contribution >= 0.6 is 0 Å². The Hall–Kier alpha value is -9.10. The zero-order valence-electron chi connectivity index (χ0n) is 38.9. The fourth-order valence-corrected chi connectivity index (χ4v) is 13.1. The van der Waals surface area contributed by atoms with Gasteiger partial charge in [-0.3, -0.25) is 0 Å². The molecule has 0 N–H and O–H groups in total. The summed E-state index contributed by atoms with van der Waals surface area (Å²) in [6, 6.07) is 100. The lowest BCUT2D eigenvalue weighted by Gasteiger charge is -2.35. The normalized spacial score (nSPS) is 12.9. The Balaban J connectivity index is 1.03. The van der Waals surface area contributed by atoms with Gasteiger partial charge < -0.3 is 0 Å². The number of benzene rings is 14. The third-order valence-electron chi connectivity index (χ3n) is 15.8. The summed E-state index contributed by atoms with van der Waals surface area (Å²) in [5, 5.41) is 17.7. The molecular formula is C71H44. The third kappa shape index (κ3) is 5.62. The molecule has 328 valence electrons. The van der Waals surface area contributed by atoms with Gasteiger partial charge in [-0.05, 0) is 160 Å². The van der Waals surface area contributed by atoms with Crippen LogP contribution in [-0.2, 0) is 5.41 Å². The Bertz CT molecular complexity index is 4410. The van der Waals surface area contributed by atoms with Gasteiger partial charge >= 0.3 is 0 Å². The van der Waals surface area contributed by atoms with Crippen LogP contribution in [-0.4, -0.2) is 0 Å². The van der Waals surface area contributed by atoms with Crippen LogP contribution in [0.25, 0.3) is 120 Å². The van der Waals surface area contributed by atoms with Crippen LogP contribution in [0, 0.1) is 0 Å². The average molecular weight is 897 g/mol. The maximum atomic E-state index is 2.55. The molecule has 0 amide bonds. The van der Waals surface area contributed by atoms with Gasteiger partial charge in [-0.25, -0.2) is 0 Å². The predicted octanol–water partition coefficient (Wildman–Crippen LogP) is 19.1. The van der Waals surface area contributed by atoms with Gasteiger partial charge in [0.05, 0.1) is 5.41 Å². The fraction of sp³-hybridized carbons (Fsp3) is 0.0141. The highest BCUT2D eigenvalue weighted by molar-refractivity contribution is 6.26. The summed E-state index contributed by atoms with van der Waals surface area (Å²) in [5.41, 5.74) is 14.7. The van der Waals surface area contributed by atoms with Crippen molar-refractivity contribution in [2.24, 2.45) is 0 Å². The van der Waals surface area contributed by atoms with Crippen molar-refractivity contribution in [2.75, 3.05) is 0 Å². The Kier molecular flexibility index (Phi) is 8.68. The molecule has 1 aliphatic rings. The van der Waals surface area contributed by atoms with Crippen LogP contribution < -0.4 is 0 Å². The minimum absolute atomic E-state index is 0.604. The largest absolute Gasteiger partial charge is 0.0725 e. The molecule has 0 atom stereocenters. The molecule has 0 aliphatic heterocycles. The monoisotopic (exact) mass is 896 g/mol. The number of fused-ring (bicyclic) bond motifs is 15. The first-order chi connectivity index (χ1) is 35.3. The molecule has 0 radical (unpaired) electrons. The van der Waals surface area contributed by atoms with Crippen molar-refractivity contribution in [3.05, 3.63) is 289 Å². The lowest BCUT2D eigenvalue weighted by atomic mass is 9.65. The Morgan fingerprint density at radius 3 is 1.17 bits per heavy atom. The minimum Gasteiger partial charge on any atom is -0.0622 e. The van der Waals surface area contributed by atoms with E-state index < -0.39 is 5.41 Å². The number of hydrogen-bond donors (Lipinski definition) is 0. The average Bonchev–Trinajstić information content (AvgIpc) is 3.77. The molecule has 0 heterocycles. The SMILES string of the molecule is c1ccc(C2(c3ccccc3)c3c(cc(-c4cccc(-c5c6ccccc6c(-c6cc7ccccc7c7ccccc67)c6ccccc56)c4)c4ccccc34)-c3c2c2ccccc2c2ccccc32)cc1. The first-order valence-corrected chi connectivity index (χ1v) is 24.8. The first-order valence-electron chi connectivity index (χ1n) is 24.8. The highest BCUT2D eigenvalue weighted by Crippen LogP contribution is 2.63. The summed E-state index contributed by atoms with van der Waals surface area (Å²) in [6.45, 7) is 0. The predicted molar refractivity (Wildman–Crippen MR) is 303 cm³/mol. The Morgan fingerprint density at radius 2 is 0.592 bits per heavy atom. The van der Waals surface area contributed by atoms with Gasteiger partial charge in [-0.15, -0.1) is 0 Å². The van der Waals surface area contributed by atoms with Crippen LogP contribution in [0.4, 0.5) is 0 Å². The van der Waals surface area contributed by atoms with Gasteiger partial charge in [0, 0.05) is 0 Å². The standard InChI is InChI=1S/C71H44/c1-3-25-48(26-4-1)71(49-27-5-2-6-28-49)69-61-40-19-13-34-55(61)63(44-65(69)68-56-35-14-11-31-52(56)53-32-12-20-41-62(53)70(68)71)45-23-21-24-47(42-45)66-57-36-15-17-38-59(57)67(60-39-18-16-37-58(60)66)64-43-46-22-7-8-29-50(46)51-30-9-10-33-54(51)64/h1-44H. The molecule has 15 rings (SSSR count). The van der Waals surface area contributed by atoms with Crippen LogP contribution in [0.1, 0.15) is 22.3 Å². The van der Waals surface area contributed by atoms with Crippen LogP contribution in [0.5, 0.6) is 0 Å². The topological polar surface area (TPSA) is 0 Å². The van der Waals surface area contributed by atoms with Crippen molar-refractivity contribution < 1.29 is 0 Å². The maximum absolute atomic E-state index is 2.55. The van der Waals surface area contributed by atoms with Gasteiger partial charge in [0.2, 0.25) is 0 Å². The lowest BCUT2D eigenvalue weighted by molar-refractivity contribution is 0.783. The molecule has 1 aliphatic carbocycles. The molecule has 0 spiro atoms. The summed E-state index contributed by atoms with van der Waals surface area (Å²) < 4.78 is 0. The molecule has 0 fully saturated rings. The van der Waals surface area contributed by atoms with Crippen molar-refractivity contribution in [2.45, 2.75) is 5.41 Å². The molecule has 14 aromatic rings. The number of rotatable bonds is 5. The molecular weight excluding hydrogens is 853 g/mol. The summed E-state index contributed by atoms with van der Waals surface area (Å²) in [4.78, 5) is 0. The molecule has 0 saturated carbocycles. The van der Waals surface area contributed by atoms with Gasteiger partial charge in [0.25, 0.3) is 0 Å². The van der Waals surface area contributed by atoms with E-state index in [1.165, 1.54) is 142 Å². The zero-order valence-corrected chi connectivity index (χ0v) is 38.9. The fourth-order valence-electron chi connectivity index (χ4n) is 13.1.